The van der Waals surface area contributed by atoms with Crippen LogP contribution in [0.3, 0.4) is 0 Å². The zero-order valence-electron chi connectivity index (χ0n) is 60.8. The van der Waals surface area contributed by atoms with Gasteiger partial charge < -0.3 is 107 Å². The molecule has 22 N–H and O–H groups in total. The summed E-state index contributed by atoms with van der Waals surface area (Å²) in [7, 11) is 0. The van der Waals surface area contributed by atoms with Gasteiger partial charge in [0.2, 0.25) is 35.4 Å². The summed E-state index contributed by atoms with van der Waals surface area (Å²) in [4.78, 5) is 168. The number of carbonyl (C=O) groups is 12. The van der Waals surface area contributed by atoms with E-state index in [1.807, 2.05) is 29.4 Å². The van der Waals surface area contributed by atoms with E-state index in [1.165, 1.54) is 0 Å². The Morgan fingerprint density at radius 2 is 0.340 bits per heavy atom. The average Bonchev–Trinajstić information content (AvgIpc) is 1.08. The predicted molar refractivity (Wildman–Crippen MR) is 390 cm³/mol. The van der Waals surface area contributed by atoms with E-state index in [-0.39, 0.29) is 199 Å². The lowest BCUT2D eigenvalue weighted by Gasteiger charge is -2.28. The van der Waals surface area contributed by atoms with Crippen LogP contribution in [0.2, 0.25) is 0 Å². The monoisotopic (exact) mass is 1420 g/mol. The van der Waals surface area contributed by atoms with Crippen molar-refractivity contribution in [1.29, 1.82) is 0 Å². The molecule has 0 radical (unpaired) electrons. The Morgan fingerprint density at radius 3 is 0.540 bits per heavy atom. The molecule has 0 rings (SSSR count). The molecule has 0 heterocycles. The molecule has 100 heavy (non-hydrogen) atoms. The molecule has 0 unspecified atom stereocenters. The van der Waals surface area contributed by atoms with E-state index >= 15 is 0 Å². The van der Waals surface area contributed by atoms with Crippen molar-refractivity contribution in [3.8, 4) is 0 Å². The van der Waals surface area contributed by atoms with Gasteiger partial charge in [0, 0.05) is 286 Å². The fraction of sp³-hybridized carbons (Fsp3) is 0.824. The Bertz CT molecular complexity index is 1880. The smallest absolute Gasteiger partial charge is 0.221 e. The summed E-state index contributed by atoms with van der Waals surface area (Å²) in [5.74, 6) is -0.995. The molecule has 0 aromatic carbocycles. The molecule has 0 spiro atoms. The molecule has 578 valence electrons. The molecule has 0 bridgehead atoms. The van der Waals surface area contributed by atoms with E-state index < -0.39 is 0 Å². The second kappa shape index (κ2) is 65.3. The molecule has 0 saturated heterocycles. The maximum atomic E-state index is 13.8. The first-order valence-corrected chi connectivity index (χ1v) is 36.9. The third-order valence-electron chi connectivity index (χ3n) is 16.8. The van der Waals surface area contributed by atoms with E-state index in [2.05, 4.69) is 31.9 Å². The fourth-order valence-corrected chi connectivity index (χ4v) is 10.6. The number of nitrogens with one attached hydrogen (secondary N) is 6. The van der Waals surface area contributed by atoms with Crippen LogP contribution in [-0.2, 0) is 57.5 Å². The minimum absolute atomic E-state index is 0.0312. The van der Waals surface area contributed by atoms with E-state index in [0.717, 1.165) is 0 Å². The van der Waals surface area contributed by atoms with Gasteiger partial charge in [0.05, 0.1) is 0 Å². The number of Topliss-reactive ketones (excluding diaryl/α,β-unsaturated/α-hetero) is 6. The van der Waals surface area contributed by atoms with E-state index in [9.17, 15) is 57.5 Å². The summed E-state index contributed by atoms with van der Waals surface area (Å²) < 4.78 is 0. The third-order valence-corrected chi connectivity index (χ3v) is 16.8. The molecule has 0 aliphatic rings. The van der Waals surface area contributed by atoms with Gasteiger partial charge in [0.25, 0.3) is 0 Å². The summed E-state index contributed by atoms with van der Waals surface area (Å²) in [5, 5.41) is 17.1. The van der Waals surface area contributed by atoms with Crippen molar-refractivity contribution >= 4 is 70.1 Å². The number of rotatable bonds is 73. The highest BCUT2D eigenvalue weighted by atomic mass is 16.2. The minimum atomic E-state index is -0.250. The lowest BCUT2D eigenvalue weighted by atomic mass is 10.1. The molecule has 0 fully saturated rings. The summed E-state index contributed by atoms with van der Waals surface area (Å²) in [6.45, 7) is 11.2. The molecule has 0 atom stereocenters. The predicted octanol–water partition coefficient (Wildman–Crippen LogP) is -4.06. The van der Waals surface area contributed by atoms with Crippen LogP contribution in [0.4, 0.5) is 0 Å². The van der Waals surface area contributed by atoms with Crippen LogP contribution in [0, 0.1) is 0 Å². The maximum Gasteiger partial charge on any atom is 0.221 e. The quantitative estimate of drug-likeness (QED) is 0.0276. The Labute approximate surface area is 596 Å². The molecular formula is C68H134N20O12. The Balaban J connectivity index is 6.81. The average molecular weight is 1420 g/mol. The fourth-order valence-electron chi connectivity index (χ4n) is 10.6. The van der Waals surface area contributed by atoms with Gasteiger partial charge in [-0.3, -0.25) is 57.5 Å². The van der Waals surface area contributed by atoms with Crippen molar-refractivity contribution in [1.82, 2.24) is 61.3 Å². The number of hydrogen-bond acceptors (Lipinski definition) is 26. The number of carbonyl (C=O) groups excluding carboxylic acids is 12. The number of amides is 6. The summed E-state index contributed by atoms with van der Waals surface area (Å²) >= 11 is 0. The van der Waals surface area contributed by atoms with Crippen molar-refractivity contribution in [2.75, 3.05) is 209 Å². The minimum Gasteiger partial charge on any atom is -0.355 e. The molecule has 6 amide bonds. The molecule has 32 nitrogen and oxygen atoms in total. The number of nitrogens with zero attached hydrogens (tertiary/aromatic N) is 6. The van der Waals surface area contributed by atoms with Crippen molar-refractivity contribution in [2.45, 2.75) is 154 Å². The molecule has 0 aromatic heterocycles. The van der Waals surface area contributed by atoms with Crippen LogP contribution in [-0.4, -0.2) is 309 Å². The van der Waals surface area contributed by atoms with Gasteiger partial charge in [-0.1, -0.05) is 0 Å². The SMILES string of the molecule is NCCCC(=O)CCN(CCNC(=O)CCN(CCC(=O)CCCN(CCC(=O)NCCN)CCC(=O)NCCN)CCN(CCC(=O)CCCN(CCC(=O)NCCN)CCC(=O)NCCN)CCC(=O)NCCN(CCC(=O)CCCN)CCC(=O)CCCN)CCC(=O)CCCN. The van der Waals surface area contributed by atoms with Crippen LogP contribution < -0.4 is 77.8 Å². The van der Waals surface area contributed by atoms with Gasteiger partial charge in [-0.15, -0.1) is 0 Å². The largest absolute Gasteiger partial charge is 0.355 e. The highest BCUT2D eigenvalue weighted by Crippen LogP contribution is 2.10. The van der Waals surface area contributed by atoms with Gasteiger partial charge in [0.1, 0.15) is 34.7 Å². The maximum absolute atomic E-state index is 13.8. The second-order valence-corrected chi connectivity index (χ2v) is 25.3. The lowest BCUT2D eigenvalue weighted by molar-refractivity contribution is -0.123. The van der Waals surface area contributed by atoms with E-state index in [4.69, 9.17) is 45.9 Å². The normalized spacial score (nSPS) is 11.5. The lowest BCUT2D eigenvalue weighted by Crippen LogP contribution is -2.41. The Kier molecular flexibility index (Phi) is 61.6. The molecular weight excluding hydrogens is 1290 g/mol. The van der Waals surface area contributed by atoms with Crippen LogP contribution in [0.25, 0.3) is 0 Å². The summed E-state index contributed by atoms with van der Waals surface area (Å²) in [6.07, 6.45) is 7.38. The zero-order chi connectivity index (χ0) is 74.2. The van der Waals surface area contributed by atoms with Gasteiger partial charge in [-0.25, -0.2) is 0 Å². The van der Waals surface area contributed by atoms with Crippen LogP contribution in [0.1, 0.15) is 154 Å². The summed E-state index contributed by atoms with van der Waals surface area (Å²) in [6, 6.07) is 0. The van der Waals surface area contributed by atoms with Gasteiger partial charge in [-0.2, -0.15) is 0 Å². The van der Waals surface area contributed by atoms with Crippen molar-refractivity contribution < 1.29 is 57.5 Å². The first-order valence-electron chi connectivity index (χ1n) is 36.9. The van der Waals surface area contributed by atoms with Crippen molar-refractivity contribution in [3.05, 3.63) is 0 Å². The third kappa shape index (κ3) is 57.9. The molecule has 32 heteroatoms. The Morgan fingerprint density at radius 1 is 0.170 bits per heavy atom. The topological polar surface area (TPSA) is 505 Å². The number of hydrogen-bond donors (Lipinski definition) is 14. The first kappa shape index (κ1) is 94.3. The summed E-state index contributed by atoms with van der Waals surface area (Å²) in [5.41, 5.74) is 44.9. The van der Waals surface area contributed by atoms with Crippen molar-refractivity contribution in [3.63, 3.8) is 0 Å². The van der Waals surface area contributed by atoms with E-state index in [0.29, 0.717) is 234 Å². The second-order valence-electron chi connectivity index (χ2n) is 25.3. The van der Waals surface area contributed by atoms with Gasteiger partial charge in [0.15, 0.2) is 0 Å². The van der Waals surface area contributed by atoms with Gasteiger partial charge in [-0.05, 0) is 77.8 Å². The molecule has 0 aliphatic carbocycles. The van der Waals surface area contributed by atoms with Crippen molar-refractivity contribution in [2.24, 2.45) is 45.9 Å². The zero-order valence-corrected chi connectivity index (χ0v) is 60.8. The van der Waals surface area contributed by atoms with Crippen LogP contribution in [0.15, 0.2) is 0 Å². The highest BCUT2D eigenvalue weighted by Gasteiger charge is 2.20. The number of ketones is 6. The van der Waals surface area contributed by atoms with Crippen LogP contribution in [0.5, 0.6) is 0 Å². The standard InChI is InChI=1S/C68H134N20O12/c69-25-1-7-57(89)13-41-85(42-14-58(90)8-2-26-70)53-37-81-67(99)23-51-87(45-17-61(93)11-5-39-83(47-19-63(95)77-33-29-73)48-20-64(96)78-34-30-74)55-56-88(46-18-62(94)12-6-40-84(49-21-65(97)79-35-31-75)50-22-66(98)80-36-32-76)52-24-68(100)82-38-54-86(43-15-59(91)9-3-27-71)44-16-60(92)10-4-28-72/h1-56,69-76H2,(H,77,95)(H,78,96)(H,79,97)(H,80,98)(H,81,99)(H,82,100). The molecule has 0 aromatic rings. The highest BCUT2D eigenvalue weighted by molar-refractivity contribution is 5.82. The molecule has 0 saturated carbocycles. The first-order chi connectivity index (χ1) is 48.2. The van der Waals surface area contributed by atoms with Crippen LogP contribution >= 0.6 is 0 Å². The van der Waals surface area contributed by atoms with E-state index in [1.54, 1.807) is 0 Å². The number of nitrogens with two attached hydrogens (primary N) is 8. The van der Waals surface area contributed by atoms with Gasteiger partial charge >= 0.3 is 0 Å². The molecule has 0 aliphatic heterocycles. The Hall–Kier alpha value is -5.72.